The van der Waals surface area contributed by atoms with Gasteiger partial charge in [-0.25, -0.2) is 9.78 Å². The molecule has 2 fully saturated rings. The highest BCUT2D eigenvalue weighted by atomic mass is 16.2. The van der Waals surface area contributed by atoms with Crippen molar-refractivity contribution < 1.29 is 14.4 Å². The van der Waals surface area contributed by atoms with Crippen LogP contribution in [0.4, 0.5) is 4.79 Å². The number of nitrogens with zero attached hydrogens (tertiary/aromatic N) is 3. The van der Waals surface area contributed by atoms with Crippen LogP contribution in [0.3, 0.4) is 0 Å². The van der Waals surface area contributed by atoms with Crippen LogP contribution in [0.15, 0.2) is 24.5 Å². The van der Waals surface area contributed by atoms with Gasteiger partial charge in [0.15, 0.2) is 0 Å². The number of aromatic nitrogens is 2. The number of aromatic amines is 1. The molecule has 4 rings (SSSR count). The first-order chi connectivity index (χ1) is 11.5. The zero-order valence-electron chi connectivity index (χ0n) is 13.2. The molecule has 0 bridgehead atoms. The van der Waals surface area contributed by atoms with E-state index in [9.17, 15) is 14.4 Å². The van der Waals surface area contributed by atoms with Gasteiger partial charge in [0.25, 0.3) is 11.8 Å². The lowest BCUT2D eigenvalue weighted by Crippen LogP contribution is -2.55. The number of piperidine rings is 1. The highest BCUT2D eigenvalue weighted by Crippen LogP contribution is 2.29. The summed E-state index contributed by atoms with van der Waals surface area (Å²) in [4.78, 5) is 46.6. The van der Waals surface area contributed by atoms with Gasteiger partial charge in [-0.1, -0.05) is 0 Å². The van der Waals surface area contributed by atoms with Crippen LogP contribution in [-0.4, -0.2) is 63.3 Å². The van der Waals surface area contributed by atoms with Crippen LogP contribution >= 0.6 is 0 Å². The van der Waals surface area contributed by atoms with E-state index in [0.29, 0.717) is 31.5 Å². The molecule has 8 nitrogen and oxygen atoms in total. The first kappa shape index (κ1) is 14.7. The maximum Gasteiger partial charge on any atom is 0.324 e. The summed E-state index contributed by atoms with van der Waals surface area (Å²) in [5.41, 5.74) is 1.36. The van der Waals surface area contributed by atoms with E-state index in [2.05, 4.69) is 15.3 Å². The van der Waals surface area contributed by atoms with Crippen LogP contribution in [0.2, 0.25) is 0 Å². The Bertz CT molecular complexity index is 850. The second-order valence-electron chi connectivity index (χ2n) is 6.30. The van der Waals surface area contributed by atoms with Crippen molar-refractivity contribution in [1.82, 2.24) is 25.1 Å². The molecule has 0 aliphatic carbocycles. The molecule has 2 aliphatic heterocycles. The van der Waals surface area contributed by atoms with Gasteiger partial charge in [-0.2, -0.15) is 0 Å². The third-order valence-electron chi connectivity index (χ3n) is 4.94. The largest absolute Gasteiger partial charge is 0.345 e. The second kappa shape index (κ2) is 5.05. The molecule has 2 N–H and O–H groups in total. The molecule has 0 saturated carbocycles. The van der Waals surface area contributed by atoms with Crippen molar-refractivity contribution in [3.63, 3.8) is 0 Å². The number of urea groups is 1. The van der Waals surface area contributed by atoms with Gasteiger partial charge >= 0.3 is 6.03 Å². The van der Waals surface area contributed by atoms with E-state index < -0.39 is 5.54 Å². The maximum absolute atomic E-state index is 12.7. The SMILES string of the molecule is CN1C(=O)NC2(CCN(C(=O)c3ccc4nc[nH]c4c3)CC2)C1=O. The number of hydrogen-bond acceptors (Lipinski definition) is 4. The van der Waals surface area contributed by atoms with Crippen molar-refractivity contribution in [3.8, 4) is 0 Å². The number of benzene rings is 1. The Kier molecular flexibility index (Phi) is 3.09. The molecule has 3 heterocycles. The van der Waals surface area contributed by atoms with E-state index in [0.717, 1.165) is 15.9 Å². The zero-order valence-corrected chi connectivity index (χ0v) is 13.2. The first-order valence-corrected chi connectivity index (χ1v) is 7.83. The molecule has 2 saturated heterocycles. The van der Waals surface area contributed by atoms with E-state index in [1.165, 1.54) is 7.05 Å². The molecule has 4 amide bonds. The third kappa shape index (κ3) is 2.06. The maximum atomic E-state index is 12.7. The van der Waals surface area contributed by atoms with Gasteiger partial charge in [-0.05, 0) is 31.0 Å². The molecule has 8 heteroatoms. The van der Waals surface area contributed by atoms with Crippen LogP contribution in [0.25, 0.3) is 11.0 Å². The minimum absolute atomic E-state index is 0.0773. The summed E-state index contributed by atoms with van der Waals surface area (Å²) in [6, 6.07) is 4.97. The zero-order chi connectivity index (χ0) is 16.9. The summed E-state index contributed by atoms with van der Waals surface area (Å²) in [6.07, 6.45) is 2.45. The molecule has 2 aromatic rings. The van der Waals surface area contributed by atoms with Crippen molar-refractivity contribution in [1.29, 1.82) is 0 Å². The van der Waals surface area contributed by atoms with Crippen molar-refractivity contribution >= 4 is 28.9 Å². The lowest BCUT2D eigenvalue weighted by Gasteiger charge is -2.37. The summed E-state index contributed by atoms with van der Waals surface area (Å²) in [5.74, 6) is -0.287. The summed E-state index contributed by atoms with van der Waals surface area (Å²) in [6.45, 7) is 0.861. The molecular formula is C16H17N5O3. The van der Waals surface area contributed by atoms with Gasteiger partial charge in [0.05, 0.1) is 17.4 Å². The highest BCUT2D eigenvalue weighted by Gasteiger charge is 2.51. The van der Waals surface area contributed by atoms with E-state index in [1.54, 1.807) is 29.4 Å². The Morgan fingerprint density at radius 3 is 2.67 bits per heavy atom. The number of nitrogens with one attached hydrogen (secondary N) is 2. The van der Waals surface area contributed by atoms with Crippen molar-refractivity contribution in [2.45, 2.75) is 18.4 Å². The summed E-state index contributed by atoms with van der Waals surface area (Å²) in [5, 5.41) is 2.77. The fourth-order valence-corrected chi connectivity index (χ4v) is 3.44. The highest BCUT2D eigenvalue weighted by molar-refractivity contribution is 6.07. The number of likely N-dealkylation sites (N-methyl/N-ethyl adjacent to an activating group) is 1. The summed E-state index contributed by atoms with van der Waals surface area (Å²) in [7, 11) is 1.48. The number of amides is 4. The van der Waals surface area contributed by atoms with Gasteiger partial charge < -0.3 is 15.2 Å². The van der Waals surface area contributed by atoms with Gasteiger partial charge in [-0.15, -0.1) is 0 Å². The number of rotatable bonds is 1. The number of imide groups is 1. The molecule has 124 valence electrons. The van der Waals surface area contributed by atoms with Crippen LogP contribution in [-0.2, 0) is 4.79 Å². The molecule has 1 aromatic heterocycles. The van der Waals surface area contributed by atoms with Gasteiger partial charge in [0.2, 0.25) is 0 Å². The number of carbonyl (C=O) groups excluding carboxylic acids is 3. The van der Waals surface area contributed by atoms with Gasteiger partial charge in [0, 0.05) is 25.7 Å². The Balaban J connectivity index is 1.50. The van der Waals surface area contributed by atoms with E-state index in [-0.39, 0.29) is 17.8 Å². The quantitative estimate of drug-likeness (QED) is 0.754. The molecule has 2 aliphatic rings. The van der Waals surface area contributed by atoms with E-state index in [4.69, 9.17) is 0 Å². The van der Waals surface area contributed by atoms with E-state index in [1.807, 2.05) is 0 Å². The average Bonchev–Trinajstić information content (AvgIpc) is 3.14. The first-order valence-electron chi connectivity index (χ1n) is 7.83. The summed E-state index contributed by atoms with van der Waals surface area (Å²) < 4.78 is 0. The molecule has 1 spiro atoms. The molecule has 24 heavy (non-hydrogen) atoms. The lowest BCUT2D eigenvalue weighted by atomic mass is 9.87. The number of hydrogen-bond donors (Lipinski definition) is 2. The molecule has 1 aromatic carbocycles. The monoisotopic (exact) mass is 327 g/mol. The normalized spacial score (nSPS) is 20.0. The van der Waals surface area contributed by atoms with Crippen molar-refractivity contribution in [2.24, 2.45) is 0 Å². The van der Waals surface area contributed by atoms with E-state index >= 15 is 0 Å². The Morgan fingerprint density at radius 2 is 2.00 bits per heavy atom. The topological polar surface area (TPSA) is 98.4 Å². The Hall–Kier alpha value is -2.90. The van der Waals surface area contributed by atoms with Gasteiger partial charge in [-0.3, -0.25) is 14.5 Å². The smallest absolute Gasteiger partial charge is 0.324 e. The standard InChI is InChI=1S/C16H17N5O3/c1-20-14(23)16(19-15(20)24)4-6-21(7-5-16)13(22)10-2-3-11-12(8-10)18-9-17-11/h2-3,8-9H,4-7H2,1H3,(H,17,18)(H,19,24). The summed E-state index contributed by atoms with van der Waals surface area (Å²) >= 11 is 0. The number of imidazole rings is 1. The van der Waals surface area contributed by atoms with Crippen molar-refractivity contribution in [3.05, 3.63) is 30.1 Å². The van der Waals surface area contributed by atoms with Crippen LogP contribution in [0.5, 0.6) is 0 Å². The Labute approximate surface area is 137 Å². The molecule has 0 radical (unpaired) electrons. The lowest BCUT2D eigenvalue weighted by molar-refractivity contribution is -0.131. The van der Waals surface area contributed by atoms with Crippen LogP contribution in [0, 0.1) is 0 Å². The molecular weight excluding hydrogens is 310 g/mol. The number of likely N-dealkylation sites (tertiary alicyclic amines) is 1. The average molecular weight is 327 g/mol. The predicted molar refractivity (Wildman–Crippen MR) is 85.3 cm³/mol. The van der Waals surface area contributed by atoms with Crippen LogP contribution in [0.1, 0.15) is 23.2 Å². The fraction of sp³-hybridized carbons (Fsp3) is 0.375. The number of fused-ring (bicyclic) bond motifs is 1. The minimum Gasteiger partial charge on any atom is -0.345 e. The molecule has 0 atom stereocenters. The number of carbonyl (C=O) groups is 3. The predicted octanol–water partition coefficient (Wildman–Crippen LogP) is 0.719. The van der Waals surface area contributed by atoms with Crippen molar-refractivity contribution in [2.75, 3.05) is 20.1 Å². The number of H-pyrrole nitrogens is 1. The van der Waals surface area contributed by atoms with Gasteiger partial charge in [0.1, 0.15) is 5.54 Å². The minimum atomic E-state index is -0.851. The Morgan fingerprint density at radius 1 is 1.25 bits per heavy atom. The second-order valence-corrected chi connectivity index (χ2v) is 6.30. The van der Waals surface area contributed by atoms with Crippen LogP contribution < -0.4 is 5.32 Å². The third-order valence-corrected chi connectivity index (χ3v) is 4.94. The molecule has 0 unspecified atom stereocenters. The fourth-order valence-electron chi connectivity index (χ4n) is 3.44.